The Morgan fingerprint density at radius 3 is 3.06 bits per heavy atom. The second-order valence-corrected chi connectivity index (χ2v) is 4.62. The van der Waals surface area contributed by atoms with Gasteiger partial charge in [0.15, 0.2) is 0 Å². The molecule has 2 heterocycles. The summed E-state index contributed by atoms with van der Waals surface area (Å²) in [6.07, 6.45) is 1.98. The molecular weight excluding hydrogens is 246 g/mol. The lowest BCUT2D eigenvalue weighted by molar-refractivity contribution is -0.117. The second kappa shape index (κ2) is 4.51. The Balaban J connectivity index is 2.30. The molecule has 1 atom stereocenters. The summed E-state index contributed by atoms with van der Waals surface area (Å²) in [5.74, 6) is 1.34. The molecule has 2 N–H and O–H groups in total. The van der Waals surface area contributed by atoms with E-state index in [0.29, 0.717) is 35.2 Å². The topological polar surface area (TPSA) is 59.2 Å². The van der Waals surface area contributed by atoms with Crippen LogP contribution >= 0.6 is 24.2 Å². The van der Waals surface area contributed by atoms with Crippen molar-refractivity contribution in [2.45, 2.75) is 6.42 Å². The van der Waals surface area contributed by atoms with Gasteiger partial charge in [0.1, 0.15) is 5.82 Å². The first-order chi connectivity index (χ1) is 7.61. The molecule has 1 saturated heterocycles. The average Bonchev–Trinajstić information content (AvgIpc) is 2.63. The van der Waals surface area contributed by atoms with E-state index in [1.165, 1.54) is 6.20 Å². The van der Waals surface area contributed by atoms with Gasteiger partial charge in [-0.1, -0.05) is 11.6 Å². The number of rotatable bonds is 2. The molecule has 0 spiro atoms. The molecule has 16 heavy (non-hydrogen) atoms. The van der Waals surface area contributed by atoms with Gasteiger partial charge in [0, 0.05) is 19.2 Å². The minimum Gasteiger partial charge on any atom is -0.382 e. The van der Waals surface area contributed by atoms with E-state index in [4.69, 9.17) is 17.3 Å². The van der Waals surface area contributed by atoms with Crippen LogP contribution in [-0.4, -0.2) is 23.2 Å². The maximum atomic E-state index is 11.8. The molecule has 1 amide bonds. The number of hydrogen-bond donors (Lipinski definition) is 2. The van der Waals surface area contributed by atoms with Crippen LogP contribution in [0.5, 0.6) is 0 Å². The molecule has 1 fully saturated rings. The normalized spacial score (nSPS) is 20.5. The third-order valence-corrected chi connectivity index (χ3v) is 3.34. The van der Waals surface area contributed by atoms with Crippen LogP contribution in [0.4, 0.5) is 11.5 Å². The zero-order valence-corrected chi connectivity index (χ0v) is 10.2. The van der Waals surface area contributed by atoms with Crippen molar-refractivity contribution in [3.63, 3.8) is 0 Å². The Hall–Kier alpha value is -0.940. The Bertz CT molecular complexity index is 427. The van der Waals surface area contributed by atoms with Crippen molar-refractivity contribution in [1.29, 1.82) is 0 Å². The van der Waals surface area contributed by atoms with E-state index >= 15 is 0 Å². The van der Waals surface area contributed by atoms with Crippen molar-refractivity contribution in [2.24, 2.45) is 5.92 Å². The standard InChI is InChI=1S/C10H12ClN3OS/c11-7-2-8(10(12)13-3-7)14-4-6(5-16)1-9(14)15/h2-3,6,16H,1,4-5H2,(H2,12,13). The van der Waals surface area contributed by atoms with Crippen molar-refractivity contribution in [1.82, 2.24) is 4.98 Å². The third-order valence-electron chi connectivity index (χ3n) is 2.62. The Labute approximate surface area is 104 Å². The van der Waals surface area contributed by atoms with Gasteiger partial charge < -0.3 is 10.6 Å². The molecule has 2 rings (SSSR count). The van der Waals surface area contributed by atoms with E-state index in [0.717, 1.165) is 0 Å². The number of nitrogen functional groups attached to an aromatic ring is 1. The van der Waals surface area contributed by atoms with Crippen LogP contribution in [0.3, 0.4) is 0 Å². The maximum absolute atomic E-state index is 11.8. The highest BCUT2D eigenvalue weighted by atomic mass is 35.5. The Morgan fingerprint density at radius 1 is 1.69 bits per heavy atom. The highest BCUT2D eigenvalue weighted by molar-refractivity contribution is 7.80. The largest absolute Gasteiger partial charge is 0.382 e. The summed E-state index contributed by atoms with van der Waals surface area (Å²) < 4.78 is 0. The molecular formula is C10H12ClN3OS. The molecule has 6 heteroatoms. The van der Waals surface area contributed by atoms with Gasteiger partial charge in [0.2, 0.25) is 5.91 Å². The van der Waals surface area contributed by atoms with E-state index < -0.39 is 0 Å². The molecule has 0 saturated carbocycles. The predicted molar refractivity (Wildman–Crippen MR) is 68.0 cm³/mol. The van der Waals surface area contributed by atoms with Crippen LogP contribution in [-0.2, 0) is 4.79 Å². The lowest BCUT2D eigenvalue weighted by Crippen LogP contribution is -2.26. The predicted octanol–water partition coefficient (Wildman–Crippen LogP) is 1.60. The van der Waals surface area contributed by atoms with Crippen LogP contribution < -0.4 is 10.6 Å². The van der Waals surface area contributed by atoms with E-state index in [-0.39, 0.29) is 11.8 Å². The monoisotopic (exact) mass is 257 g/mol. The molecule has 86 valence electrons. The number of anilines is 2. The smallest absolute Gasteiger partial charge is 0.227 e. The summed E-state index contributed by atoms with van der Waals surface area (Å²) in [6.45, 7) is 0.633. The molecule has 1 aromatic heterocycles. The minimum absolute atomic E-state index is 0.0508. The lowest BCUT2D eigenvalue weighted by Gasteiger charge is -2.17. The summed E-state index contributed by atoms with van der Waals surface area (Å²) in [6, 6.07) is 1.67. The number of nitrogens with zero attached hydrogens (tertiary/aromatic N) is 2. The first-order valence-corrected chi connectivity index (χ1v) is 5.95. The van der Waals surface area contributed by atoms with E-state index in [9.17, 15) is 4.79 Å². The number of aromatic nitrogens is 1. The highest BCUT2D eigenvalue weighted by Gasteiger charge is 2.31. The second-order valence-electron chi connectivity index (χ2n) is 3.81. The van der Waals surface area contributed by atoms with Gasteiger partial charge in [-0.25, -0.2) is 4.98 Å². The zero-order valence-electron chi connectivity index (χ0n) is 8.56. The summed E-state index contributed by atoms with van der Waals surface area (Å²) in [5, 5.41) is 0.478. The quantitative estimate of drug-likeness (QED) is 0.792. The highest BCUT2D eigenvalue weighted by Crippen LogP contribution is 2.30. The summed E-state index contributed by atoms with van der Waals surface area (Å²) in [5.41, 5.74) is 6.33. The molecule has 1 aliphatic rings. The first-order valence-electron chi connectivity index (χ1n) is 4.94. The number of carbonyl (C=O) groups excluding carboxylic acids is 1. The number of amides is 1. The summed E-state index contributed by atoms with van der Waals surface area (Å²) in [4.78, 5) is 17.3. The zero-order chi connectivity index (χ0) is 11.7. The van der Waals surface area contributed by atoms with Crippen molar-refractivity contribution in [3.8, 4) is 0 Å². The number of halogens is 1. The third kappa shape index (κ3) is 2.10. The fraction of sp³-hybridized carbons (Fsp3) is 0.400. The van der Waals surface area contributed by atoms with E-state index in [2.05, 4.69) is 17.6 Å². The van der Waals surface area contributed by atoms with E-state index in [1.807, 2.05) is 0 Å². The van der Waals surface area contributed by atoms with Crippen molar-refractivity contribution in [2.75, 3.05) is 22.9 Å². The molecule has 1 unspecified atom stereocenters. The number of carbonyl (C=O) groups is 1. The van der Waals surface area contributed by atoms with Gasteiger partial charge >= 0.3 is 0 Å². The molecule has 0 aromatic carbocycles. The Morgan fingerprint density at radius 2 is 2.44 bits per heavy atom. The van der Waals surface area contributed by atoms with Crippen LogP contribution in [0, 0.1) is 5.92 Å². The minimum atomic E-state index is 0.0508. The van der Waals surface area contributed by atoms with Crippen LogP contribution in [0.1, 0.15) is 6.42 Å². The van der Waals surface area contributed by atoms with Crippen LogP contribution in [0.2, 0.25) is 5.02 Å². The van der Waals surface area contributed by atoms with Gasteiger partial charge in [0.25, 0.3) is 0 Å². The molecule has 4 nitrogen and oxygen atoms in total. The van der Waals surface area contributed by atoms with Crippen molar-refractivity contribution in [3.05, 3.63) is 17.3 Å². The molecule has 0 aliphatic carbocycles. The number of hydrogen-bond acceptors (Lipinski definition) is 4. The van der Waals surface area contributed by atoms with Gasteiger partial charge in [-0.2, -0.15) is 12.6 Å². The van der Waals surface area contributed by atoms with Crippen LogP contribution in [0.15, 0.2) is 12.3 Å². The van der Waals surface area contributed by atoms with Crippen LogP contribution in [0.25, 0.3) is 0 Å². The van der Waals surface area contributed by atoms with Gasteiger partial charge in [-0.15, -0.1) is 0 Å². The summed E-state index contributed by atoms with van der Waals surface area (Å²) >= 11 is 10.0. The fourth-order valence-corrected chi connectivity index (χ4v) is 2.19. The van der Waals surface area contributed by atoms with Crippen molar-refractivity contribution >= 4 is 41.6 Å². The Kier molecular flexibility index (Phi) is 3.25. The lowest BCUT2D eigenvalue weighted by atomic mass is 10.1. The number of thiol groups is 1. The van der Waals surface area contributed by atoms with E-state index in [1.54, 1.807) is 11.0 Å². The SMILES string of the molecule is Nc1ncc(Cl)cc1N1CC(CS)CC1=O. The fourth-order valence-electron chi connectivity index (χ4n) is 1.79. The van der Waals surface area contributed by atoms with Crippen molar-refractivity contribution < 1.29 is 4.79 Å². The molecule has 1 aromatic rings. The molecule has 0 radical (unpaired) electrons. The number of pyridine rings is 1. The average molecular weight is 258 g/mol. The molecule has 1 aliphatic heterocycles. The molecule has 0 bridgehead atoms. The first kappa shape index (κ1) is 11.5. The maximum Gasteiger partial charge on any atom is 0.227 e. The van der Waals surface area contributed by atoms with Gasteiger partial charge in [0.05, 0.1) is 10.7 Å². The van der Waals surface area contributed by atoms with Gasteiger partial charge in [-0.05, 0) is 17.7 Å². The summed E-state index contributed by atoms with van der Waals surface area (Å²) in [7, 11) is 0. The van der Waals surface area contributed by atoms with Gasteiger partial charge in [-0.3, -0.25) is 4.79 Å². The number of nitrogens with two attached hydrogens (primary N) is 1.